The van der Waals surface area contributed by atoms with E-state index in [1.54, 1.807) is 6.92 Å². The molecule has 1 unspecified atom stereocenters. The average molecular weight is 271 g/mol. The molecule has 18 heavy (non-hydrogen) atoms. The summed E-state index contributed by atoms with van der Waals surface area (Å²) in [5, 5.41) is 1.50. The summed E-state index contributed by atoms with van der Waals surface area (Å²) in [5.74, 6) is -0.473. The molecule has 8 heteroatoms. The summed E-state index contributed by atoms with van der Waals surface area (Å²) in [6.07, 6.45) is 2.79. The van der Waals surface area contributed by atoms with Gasteiger partial charge < -0.3 is 4.74 Å². The topological polar surface area (TPSA) is 84.4 Å². The maximum Gasteiger partial charge on any atom is 0.331 e. The highest BCUT2D eigenvalue weighted by Crippen LogP contribution is 2.20. The first-order chi connectivity index (χ1) is 8.61. The number of nitrogens with zero attached hydrogens (tertiary/aromatic N) is 3. The normalized spacial score (nSPS) is 18.7. The van der Waals surface area contributed by atoms with Gasteiger partial charge in [0.15, 0.2) is 11.9 Å². The fourth-order valence-electron chi connectivity index (χ4n) is 1.62. The summed E-state index contributed by atoms with van der Waals surface area (Å²) in [6, 6.07) is -0.745. The van der Waals surface area contributed by atoms with E-state index in [1.165, 1.54) is 17.4 Å². The first kappa shape index (κ1) is 12.6. The standard InChI is InChI=1S/C10H11ClN4O3/c1-2-18-10(17)6-3-9(16)14-15(6)8-5-12-4-7(11)13-8/h4-6H,2-3H2,1H3,(H,14,16). The molecule has 1 aromatic heterocycles. The van der Waals surface area contributed by atoms with Gasteiger partial charge in [-0.1, -0.05) is 11.6 Å². The number of carbonyl (C=O) groups is 2. The maximum atomic E-state index is 11.7. The first-order valence-corrected chi connectivity index (χ1v) is 5.72. The summed E-state index contributed by atoms with van der Waals surface area (Å²) in [6.45, 7) is 1.95. The number of rotatable bonds is 3. The van der Waals surface area contributed by atoms with Crippen LogP contribution in [0.15, 0.2) is 12.4 Å². The van der Waals surface area contributed by atoms with Crippen molar-refractivity contribution in [2.75, 3.05) is 11.6 Å². The van der Waals surface area contributed by atoms with Gasteiger partial charge in [-0.3, -0.25) is 20.2 Å². The molecule has 1 atom stereocenters. The number of halogens is 1. The van der Waals surface area contributed by atoms with Crippen molar-refractivity contribution in [1.82, 2.24) is 15.4 Å². The lowest BCUT2D eigenvalue weighted by atomic mass is 10.2. The van der Waals surface area contributed by atoms with Crippen LogP contribution < -0.4 is 10.4 Å². The molecule has 1 fully saturated rings. The molecular weight excluding hydrogens is 260 g/mol. The minimum Gasteiger partial charge on any atom is -0.464 e. The number of hydrogen-bond acceptors (Lipinski definition) is 6. The van der Waals surface area contributed by atoms with Gasteiger partial charge in [0.2, 0.25) is 5.91 Å². The number of aromatic nitrogens is 2. The Bertz CT molecular complexity index is 482. The second kappa shape index (κ2) is 5.18. The van der Waals surface area contributed by atoms with E-state index in [0.29, 0.717) is 5.82 Å². The molecule has 1 saturated heterocycles. The van der Waals surface area contributed by atoms with Crippen molar-refractivity contribution in [2.24, 2.45) is 0 Å². The van der Waals surface area contributed by atoms with Gasteiger partial charge in [0.25, 0.3) is 0 Å². The van der Waals surface area contributed by atoms with Crippen LogP contribution in [0.2, 0.25) is 5.15 Å². The lowest BCUT2D eigenvalue weighted by Crippen LogP contribution is -2.43. The molecule has 96 valence electrons. The molecule has 1 amide bonds. The molecular formula is C10H11ClN4O3. The Balaban J connectivity index is 2.24. The van der Waals surface area contributed by atoms with Crippen LogP contribution in [0.4, 0.5) is 5.82 Å². The van der Waals surface area contributed by atoms with Gasteiger partial charge in [-0.2, -0.15) is 0 Å². The summed E-state index contributed by atoms with van der Waals surface area (Å²) < 4.78 is 4.90. The number of hydrazine groups is 1. The van der Waals surface area contributed by atoms with Crippen LogP contribution in [0.5, 0.6) is 0 Å². The molecule has 1 aliphatic rings. The zero-order chi connectivity index (χ0) is 13.1. The molecule has 0 saturated carbocycles. The van der Waals surface area contributed by atoms with Gasteiger partial charge in [0.1, 0.15) is 5.15 Å². The molecule has 1 N–H and O–H groups in total. The van der Waals surface area contributed by atoms with Crippen molar-refractivity contribution in [3.05, 3.63) is 17.5 Å². The van der Waals surface area contributed by atoms with Crippen molar-refractivity contribution < 1.29 is 14.3 Å². The minimum absolute atomic E-state index is 0.0209. The van der Waals surface area contributed by atoms with Crippen LogP contribution in [0.25, 0.3) is 0 Å². The maximum absolute atomic E-state index is 11.7. The smallest absolute Gasteiger partial charge is 0.331 e. The molecule has 0 bridgehead atoms. The van der Waals surface area contributed by atoms with Crippen LogP contribution in [0.1, 0.15) is 13.3 Å². The summed E-state index contributed by atoms with van der Waals surface area (Å²) >= 11 is 5.72. The molecule has 2 rings (SSSR count). The van der Waals surface area contributed by atoms with E-state index in [0.717, 1.165) is 0 Å². The monoisotopic (exact) mass is 270 g/mol. The summed E-state index contributed by atoms with van der Waals surface area (Å²) in [4.78, 5) is 31.0. The van der Waals surface area contributed by atoms with Crippen LogP contribution in [0.3, 0.4) is 0 Å². The van der Waals surface area contributed by atoms with Crippen molar-refractivity contribution in [3.63, 3.8) is 0 Å². The Labute approximate surface area is 108 Å². The van der Waals surface area contributed by atoms with E-state index in [-0.39, 0.29) is 24.1 Å². The van der Waals surface area contributed by atoms with E-state index in [4.69, 9.17) is 16.3 Å². The van der Waals surface area contributed by atoms with Gasteiger partial charge in [0, 0.05) is 0 Å². The van der Waals surface area contributed by atoms with Crippen molar-refractivity contribution in [3.8, 4) is 0 Å². The summed E-state index contributed by atoms with van der Waals surface area (Å²) in [5.41, 5.74) is 2.52. The van der Waals surface area contributed by atoms with Gasteiger partial charge in [0.05, 0.1) is 25.4 Å². The zero-order valence-electron chi connectivity index (χ0n) is 9.59. The molecule has 0 aromatic carbocycles. The van der Waals surface area contributed by atoms with E-state index >= 15 is 0 Å². The fourth-order valence-corrected chi connectivity index (χ4v) is 1.76. The lowest BCUT2D eigenvalue weighted by molar-refractivity contribution is -0.144. The van der Waals surface area contributed by atoms with Crippen LogP contribution in [0, 0.1) is 0 Å². The lowest BCUT2D eigenvalue weighted by Gasteiger charge is -2.22. The van der Waals surface area contributed by atoms with Gasteiger partial charge in [-0.05, 0) is 6.92 Å². The van der Waals surface area contributed by atoms with Crippen molar-refractivity contribution in [2.45, 2.75) is 19.4 Å². The van der Waals surface area contributed by atoms with E-state index in [1.807, 2.05) is 0 Å². The number of amides is 1. The highest BCUT2D eigenvalue weighted by Gasteiger charge is 2.38. The Morgan fingerprint density at radius 3 is 3.11 bits per heavy atom. The number of anilines is 1. The molecule has 0 spiro atoms. The van der Waals surface area contributed by atoms with Gasteiger partial charge in [-0.15, -0.1) is 0 Å². The van der Waals surface area contributed by atoms with E-state index in [9.17, 15) is 9.59 Å². The molecule has 1 aromatic rings. The van der Waals surface area contributed by atoms with Crippen LogP contribution in [-0.4, -0.2) is 34.5 Å². The minimum atomic E-state index is -0.745. The predicted octanol–water partition coefficient (Wildman–Crippen LogP) is 0.303. The number of hydrogen-bond donors (Lipinski definition) is 1. The molecule has 7 nitrogen and oxygen atoms in total. The second-order valence-corrected chi connectivity index (χ2v) is 3.96. The molecule has 0 aliphatic carbocycles. The summed E-state index contributed by atoms with van der Waals surface area (Å²) in [7, 11) is 0. The SMILES string of the molecule is CCOC(=O)C1CC(=O)NN1c1cncc(Cl)n1. The highest BCUT2D eigenvalue weighted by molar-refractivity contribution is 6.29. The quantitative estimate of drug-likeness (QED) is 0.796. The second-order valence-electron chi connectivity index (χ2n) is 3.58. The van der Waals surface area contributed by atoms with Crippen molar-refractivity contribution in [1.29, 1.82) is 0 Å². The number of esters is 1. The molecule has 1 aliphatic heterocycles. The zero-order valence-corrected chi connectivity index (χ0v) is 10.3. The Hall–Kier alpha value is -1.89. The Morgan fingerprint density at radius 2 is 2.44 bits per heavy atom. The van der Waals surface area contributed by atoms with E-state index < -0.39 is 12.0 Å². The third-order valence-corrected chi connectivity index (χ3v) is 2.52. The van der Waals surface area contributed by atoms with Crippen molar-refractivity contribution >= 4 is 29.3 Å². The van der Waals surface area contributed by atoms with Gasteiger partial charge in [-0.25, -0.2) is 9.78 Å². The third-order valence-electron chi connectivity index (χ3n) is 2.33. The number of nitrogens with one attached hydrogen (secondary N) is 1. The third kappa shape index (κ3) is 2.51. The number of ether oxygens (including phenoxy) is 1. The van der Waals surface area contributed by atoms with Crippen LogP contribution >= 0.6 is 11.6 Å². The first-order valence-electron chi connectivity index (χ1n) is 5.34. The van der Waals surface area contributed by atoms with Gasteiger partial charge >= 0.3 is 5.97 Å². The Morgan fingerprint density at radius 1 is 1.67 bits per heavy atom. The van der Waals surface area contributed by atoms with Crippen LogP contribution in [-0.2, 0) is 14.3 Å². The Kier molecular flexibility index (Phi) is 3.61. The van der Waals surface area contributed by atoms with E-state index in [2.05, 4.69) is 15.4 Å². The molecule has 2 heterocycles. The highest BCUT2D eigenvalue weighted by atomic mass is 35.5. The fraction of sp³-hybridized carbons (Fsp3) is 0.400. The number of carbonyl (C=O) groups excluding carboxylic acids is 2. The molecule has 0 radical (unpaired) electrons. The predicted molar refractivity (Wildman–Crippen MR) is 62.7 cm³/mol. The largest absolute Gasteiger partial charge is 0.464 e. The average Bonchev–Trinajstić information content (AvgIpc) is 2.72.